The van der Waals surface area contributed by atoms with Crippen LogP contribution in [0.1, 0.15) is 5.56 Å². The van der Waals surface area contributed by atoms with E-state index in [2.05, 4.69) is 14.8 Å². The van der Waals surface area contributed by atoms with Gasteiger partial charge in [0.1, 0.15) is 0 Å². The highest BCUT2D eigenvalue weighted by atomic mass is 35.7. The van der Waals surface area contributed by atoms with Crippen LogP contribution in [0.4, 0.5) is 0 Å². The molecule has 0 saturated heterocycles. The largest absolute Gasteiger partial charge is 0.394 e. The van der Waals surface area contributed by atoms with Gasteiger partial charge in [0.05, 0.1) is 82.5 Å². The Labute approximate surface area is 276 Å². The number of hydrogen-bond donors (Lipinski definition) is 1. The van der Waals surface area contributed by atoms with Crippen molar-refractivity contribution in [1.82, 2.24) is 0 Å². The number of ether oxygens (including phenoxy) is 6. The summed E-state index contributed by atoms with van der Waals surface area (Å²) in [6.45, 7) is 6.64. The molecule has 0 atom stereocenters. The minimum atomic E-state index is -3.66. The summed E-state index contributed by atoms with van der Waals surface area (Å²) in [6, 6.07) is 14.4. The van der Waals surface area contributed by atoms with Gasteiger partial charge in [-0.2, -0.15) is 8.42 Å². The van der Waals surface area contributed by atoms with E-state index in [-0.39, 0.29) is 29.6 Å². The van der Waals surface area contributed by atoms with E-state index in [1.807, 2.05) is 6.92 Å². The summed E-state index contributed by atoms with van der Waals surface area (Å²) in [5.74, 6) is 0. The Hall–Kier alpha value is -2.38. The van der Waals surface area contributed by atoms with Crippen molar-refractivity contribution in [3.8, 4) is 0 Å². The molecule has 0 aliphatic heterocycles. The number of hydrogen-bond acceptors (Lipinski definition) is 13. The smallest absolute Gasteiger partial charge is 0.297 e. The molecule has 0 fully saturated rings. The Balaban J connectivity index is 0. The van der Waals surface area contributed by atoms with Crippen LogP contribution in [0.2, 0.25) is 0 Å². The van der Waals surface area contributed by atoms with Gasteiger partial charge in [-0.1, -0.05) is 41.0 Å². The fraction of sp³-hybridized carbons (Fsp3) is 0.571. The summed E-state index contributed by atoms with van der Waals surface area (Å²) in [5, 5.41) is 11.5. The quantitative estimate of drug-likeness (QED) is 0.0522. The second-order valence-electron chi connectivity index (χ2n) is 8.33. The molecule has 0 aliphatic carbocycles. The van der Waals surface area contributed by atoms with E-state index in [0.29, 0.717) is 59.4 Å². The lowest BCUT2D eigenvalue weighted by molar-refractivity contribution is 0.0500. The fourth-order valence-electron chi connectivity index (χ4n) is 2.51. The molecule has 0 amide bonds. The molecule has 2 aromatic rings. The van der Waals surface area contributed by atoms with E-state index in [4.69, 9.17) is 49.2 Å². The molecule has 0 bridgehead atoms. The van der Waals surface area contributed by atoms with E-state index in [9.17, 15) is 16.8 Å². The Kier molecular flexibility index (Phi) is 31.1. The van der Waals surface area contributed by atoms with Crippen LogP contribution < -0.4 is 0 Å². The van der Waals surface area contributed by atoms with Crippen molar-refractivity contribution in [3.05, 3.63) is 70.6 Å². The monoisotopic (exact) mass is 715 g/mol. The van der Waals surface area contributed by atoms with Crippen LogP contribution in [0.25, 0.3) is 10.4 Å². The van der Waals surface area contributed by atoms with Crippen molar-refractivity contribution >= 4 is 29.9 Å². The number of aliphatic hydroxyl groups excluding tert-OH is 1. The van der Waals surface area contributed by atoms with Crippen molar-refractivity contribution in [2.24, 2.45) is 5.11 Å². The standard InChI is InChI=1S/C11H16O5S.C7H7ClO2S.C5H11N3O2.C5H12O3/c1-14-7-8-15-9-10-16-17(12,13)11-5-3-2-4-6-11;1-6-2-4-7(5-3-6)11(8,9)10;1-9-4-5-10-3-2-7-8-6;1-7-4-5-8-3-2-6/h2-6H,7-10H2,1H3;2-5H,1H3;2-5H2,1H3;6H,2-5H2,1H3. The Bertz CT molecular complexity index is 1230. The highest BCUT2D eigenvalue weighted by Crippen LogP contribution is 2.14. The molecule has 0 spiro atoms. The Morgan fingerprint density at radius 1 is 0.696 bits per heavy atom. The molecular weight excluding hydrogens is 670 g/mol. The number of rotatable bonds is 20. The molecule has 0 unspecified atom stereocenters. The third-order valence-electron chi connectivity index (χ3n) is 4.73. The normalized spacial score (nSPS) is 10.7. The second kappa shape index (κ2) is 31.2. The van der Waals surface area contributed by atoms with Crippen LogP contribution in [-0.2, 0) is 51.8 Å². The summed E-state index contributed by atoms with van der Waals surface area (Å²) in [6.07, 6.45) is 0. The number of aryl methyl sites for hydroxylation is 1. The van der Waals surface area contributed by atoms with Crippen LogP contribution >= 0.6 is 10.7 Å². The summed E-state index contributed by atoms with van der Waals surface area (Å²) in [7, 11) is 2.66. The van der Waals surface area contributed by atoms with Gasteiger partial charge in [-0.05, 0) is 36.7 Å². The molecule has 15 nitrogen and oxygen atoms in total. The first-order valence-corrected chi connectivity index (χ1v) is 17.5. The lowest BCUT2D eigenvalue weighted by atomic mass is 10.2. The minimum Gasteiger partial charge on any atom is -0.394 e. The molecule has 0 aliphatic rings. The SMILES string of the molecule is COCCOCCN=[N+]=[N-].COCCOCCO.COCCOCCOS(=O)(=O)c1ccccc1.Cc1ccc(S(=O)(=O)Cl)cc1. The third kappa shape index (κ3) is 29.1. The molecule has 1 N–H and O–H groups in total. The van der Waals surface area contributed by atoms with Gasteiger partial charge in [0, 0.05) is 43.5 Å². The van der Waals surface area contributed by atoms with E-state index >= 15 is 0 Å². The summed E-state index contributed by atoms with van der Waals surface area (Å²) in [4.78, 5) is 2.86. The van der Waals surface area contributed by atoms with Crippen molar-refractivity contribution in [2.75, 3.05) is 101 Å². The van der Waals surface area contributed by atoms with Gasteiger partial charge < -0.3 is 33.5 Å². The van der Waals surface area contributed by atoms with Crippen LogP contribution in [0.5, 0.6) is 0 Å². The molecule has 2 aromatic carbocycles. The van der Waals surface area contributed by atoms with E-state index in [1.165, 1.54) is 24.3 Å². The summed E-state index contributed by atoms with van der Waals surface area (Å²) >= 11 is 0. The molecule has 18 heteroatoms. The highest BCUT2D eigenvalue weighted by molar-refractivity contribution is 8.13. The predicted octanol–water partition coefficient (Wildman–Crippen LogP) is 3.58. The zero-order valence-electron chi connectivity index (χ0n) is 26.7. The second-order valence-corrected chi connectivity index (χ2v) is 12.5. The van der Waals surface area contributed by atoms with Gasteiger partial charge >= 0.3 is 0 Å². The third-order valence-corrected chi connectivity index (χ3v) is 7.43. The van der Waals surface area contributed by atoms with Gasteiger partial charge in [-0.15, -0.1) is 0 Å². The van der Waals surface area contributed by atoms with E-state index in [0.717, 1.165) is 5.56 Å². The Morgan fingerprint density at radius 2 is 1.17 bits per heavy atom. The molecule has 0 saturated carbocycles. The van der Waals surface area contributed by atoms with Crippen LogP contribution in [0.15, 0.2) is 69.5 Å². The first kappa shape index (κ1) is 45.7. The van der Waals surface area contributed by atoms with Gasteiger partial charge in [0.25, 0.3) is 19.2 Å². The maximum absolute atomic E-state index is 11.6. The zero-order valence-corrected chi connectivity index (χ0v) is 29.0. The average Bonchev–Trinajstić information content (AvgIpc) is 3.04. The molecule has 0 aromatic heterocycles. The minimum absolute atomic E-state index is 0.000934. The number of halogens is 1. The average molecular weight is 716 g/mol. The fourth-order valence-corrected chi connectivity index (χ4v) is 4.19. The molecule has 46 heavy (non-hydrogen) atoms. The number of azide groups is 1. The maximum atomic E-state index is 11.6. The highest BCUT2D eigenvalue weighted by Gasteiger charge is 2.13. The first-order chi connectivity index (χ1) is 22.0. The zero-order chi connectivity index (χ0) is 34.9. The van der Waals surface area contributed by atoms with Gasteiger partial charge in [0.15, 0.2) is 0 Å². The first-order valence-electron chi connectivity index (χ1n) is 13.8. The summed E-state index contributed by atoms with van der Waals surface area (Å²) < 4.78 is 78.6. The van der Waals surface area contributed by atoms with E-state index in [1.54, 1.807) is 51.7 Å². The van der Waals surface area contributed by atoms with Crippen molar-refractivity contribution < 1.29 is 54.5 Å². The van der Waals surface area contributed by atoms with Crippen molar-refractivity contribution in [1.29, 1.82) is 0 Å². The summed E-state index contributed by atoms with van der Waals surface area (Å²) in [5.41, 5.74) is 8.86. The van der Waals surface area contributed by atoms with Crippen molar-refractivity contribution in [3.63, 3.8) is 0 Å². The number of nitrogens with zero attached hydrogens (tertiary/aromatic N) is 3. The topological polar surface area (TPSA) is 202 Å². The van der Waals surface area contributed by atoms with Crippen molar-refractivity contribution in [2.45, 2.75) is 16.7 Å². The molecule has 2 rings (SSSR count). The predicted molar refractivity (Wildman–Crippen MR) is 173 cm³/mol. The Morgan fingerprint density at radius 3 is 1.63 bits per heavy atom. The number of aliphatic hydroxyl groups is 1. The van der Waals surface area contributed by atoms with Crippen LogP contribution in [0, 0.1) is 6.92 Å². The lowest BCUT2D eigenvalue weighted by Gasteiger charge is -2.06. The van der Waals surface area contributed by atoms with Crippen LogP contribution in [-0.4, -0.2) is 122 Å². The van der Waals surface area contributed by atoms with Gasteiger partial charge in [0.2, 0.25) is 0 Å². The van der Waals surface area contributed by atoms with Crippen LogP contribution in [0.3, 0.4) is 0 Å². The number of benzene rings is 2. The van der Waals surface area contributed by atoms with E-state index < -0.39 is 19.2 Å². The maximum Gasteiger partial charge on any atom is 0.297 e. The molecule has 264 valence electrons. The van der Waals surface area contributed by atoms with Gasteiger partial charge in [-0.25, -0.2) is 8.42 Å². The van der Waals surface area contributed by atoms with Gasteiger partial charge in [-0.3, -0.25) is 4.18 Å². The molecule has 0 heterocycles. The molecular formula is C28H46ClN3O12S2. The number of methoxy groups -OCH3 is 3. The lowest BCUT2D eigenvalue weighted by Crippen LogP contribution is -2.13. The molecule has 0 radical (unpaired) electrons.